The molecular formula is C12H22N2O2. The smallest absolute Gasteiger partial charge is 0.229 e. The number of likely N-dealkylation sites (N-methyl/N-ethyl adjacent to an activating group) is 1. The van der Waals surface area contributed by atoms with Crippen molar-refractivity contribution in [2.24, 2.45) is 0 Å². The summed E-state index contributed by atoms with van der Waals surface area (Å²) in [5, 5.41) is 3.17. The highest BCUT2D eigenvalue weighted by atomic mass is 16.2. The van der Waals surface area contributed by atoms with E-state index >= 15 is 0 Å². The number of imide groups is 1. The molecule has 0 aromatic heterocycles. The van der Waals surface area contributed by atoms with E-state index in [4.69, 9.17) is 0 Å². The molecule has 1 unspecified atom stereocenters. The second-order valence-corrected chi connectivity index (χ2v) is 4.38. The summed E-state index contributed by atoms with van der Waals surface area (Å²) in [6.07, 6.45) is 4.79. The molecule has 4 heteroatoms. The van der Waals surface area contributed by atoms with Gasteiger partial charge >= 0.3 is 0 Å². The molecular weight excluding hydrogens is 204 g/mol. The maximum Gasteiger partial charge on any atom is 0.229 e. The highest BCUT2D eigenvalue weighted by Gasteiger charge is 2.25. The fourth-order valence-corrected chi connectivity index (χ4v) is 2.06. The van der Waals surface area contributed by atoms with Crippen molar-refractivity contribution in [1.29, 1.82) is 0 Å². The maximum absolute atomic E-state index is 11.8. The first-order valence-electron chi connectivity index (χ1n) is 6.19. The number of nitrogens with zero attached hydrogens (tertiary/aromatic N) is 1. The number of hydrogen-bond donors (Lipinski definition) is 1. The number of carbonyl (C=O) groups is 2. The Labute approximate surface area is 97.4 Å². The SMILES string of the molecule is CCCC(CN1C(=O)CCCCC1=O)NC. The van der Waals surface area contributed by atoms with Crippen molar-refractivity contribution >= 4 is 11.8 Å². The summed E-state index contributed by atoms with van der Waals surface area (Å²) in [6.45, 7) is 2.64. The zero-order chi connectivity index (χ0) is 12.0. The van der Waals surface area contributed by atoms with Crippen LogP contribution in [-0.2, 0) is 9.59 Å². The van der Waals surface area contributed by atoms with Gasteiger partial charge in [0, 0.05) is 25.4 Å². The second-order valence-electron chi connectivity index (χ2n) is 4.38. The first-order valence-corrected chi connectivity index (χ1v) is 6.19. The summed E-state index contributed by atoms with van der Waals surface area (Å²) in [6, 6.07) is 0.232. The molecule has 0 radical (unpaired) electrons. The average molecular weight is 226 g/mol. The van der Waals surface area contributed by atoms with Crippen LogP contribution in [0.5, 0.6) is 0 Å². The van der Waals surface area contributed by atoms with Crippen LogP contribution in [0.2, 0.25) is 0 Å². The topological polar surface area (TPSA) is 49.4 Å². The predicted molar refractivity (Wildman–Crippen MR) is 62.9 cm³/mol. The highest BCUT2D eigenvalue weighted by Crippen LogP contribution is 2.13. The number of carbonyl (C=O) groups excluding carboxylic acids is 2. The van der Waals surface area contributed by atoms with Crippen LogP contribution in [0, 0.1) is 0 Å². The van der Waals surface area contributed by atoms with Crippen molar-refractivity contribution < 1.29 is 9.59 Å². The third-order valence-corrected chi connectivity index (χ3v) is 3.08. The Morgan fingerprint density at radius 3 is 2.25 bits per heavy atom. The standard InChI is InChI=1S/C12H22N2O2/c1-3-6-10(13-2)9-14-11(15)7-4-5-8-12(14)16/h10,13H,3-9H2,1-2H3. The lowest BCUT2D eigenvalue weighted by atomic mass is 10.1. The third-order valence-electron chi connectivity index (χ3n) is 3.08. The number of amides is 2. The Kier molecular flexibility index (Phi) is 5.46. The van der Waals surface area contributed by atoms with Crippen molar-refractivity contribution in [3.63, 3.8) is 0 Å². The molecule has 0 saturated carbocycles. The van der Waals surface area contributed by atoms with E-state index in [1.165, 1.54) is 4.90 Å². The highest BCUT2D eigenvalue weighted by molar-refractivity contribution is 5.96. The van der Waals surface area contributed by atoms with Crippen molar-refractivity contribution in [2.45, 2.75) is 51.5 Å². The van der Waals surface area contributed by atoms with E-state index in [-0.39, 0.29) is 17.9 Å². The van der Waals surface area contributed by atoms with Gasteiger partial charge in [0.2, 0.25) is 11.8 Å². The molecule has 1 saturated heterocycles. The molecule has 1 atom stereocenters. The first-order chi connectivity index (χ1) is 7.69. The molecule has 0 bridgehead atoms. The van der Waals surface area contributed by atoms with Crippen LogP contribution >= 0.6 is 0 Å². The first kappa shape index (κ1) is 13.2. The third kappa shape index (κ3) is 3.59. The van der Waals surface area contributed by atoms with Crippen molar-refractivity contribution in [1.82, 2.24) is 10.2 Å². The summed E-state index contributed by atoms with van der Waals surface area (Å²) in [5.74, 6) is -0.00212. The Balaban J connectivity index is 2.59. The van der Waals surface area contributed by atoms with Crippen molar-refractivity contribution in [3.8, 4) is 0 Å². The predicted octanol–water partition coefficient (Wildman–Crippen LogP) is 1.30. The molecule has 4 nitrogen and oxygen atoms in total. The van der Waals surface area contributed by atoms with Gasteiger partial charge in [-0.15, -0.1) is 0 Å². The molecule has 1 N–H and O–H groups in total. The molecule has 1 aliphatic heterocycles. The summed E-state index contributed by atoms with van der Waals surface area (Å²) in [4.78, 5) is 25.0. The van der Waals surface area contributed by atoms with Gasteiger partial charge < -0.3 is 5.32 Å². The van der Waals surface area contributed by atoms with E-state index < -0.39 is 0 Å². The van der Waals surface area contributed by atoms with E-state index in [1.54, 1.807) is 0 Å². The van der Waals surface area contributed by atoms with Gasteiger partial charge in [-0.3, -0.25) is 14.5 Å². The summed E-state index contributed by atoms with van der Waals surface area (Å²) in [5.41, 5.74) is 0. The lowest BCUT2D eigenvalue weighted by Crippen LogP contribution is -2.44. The average Bonchev–Trinajstić information content (AvgIpc) is 2.42. The Hall–Kier alpha value is -0.900. The van der Waals surface area contributed by atoms with Crippen molar-refractivity contribution in [2.75, 3.05) is 13.6 Å². The molecule has 1 rings (SSSR count). The minimum Gasteiger partial charge on any atom is -0.315 e. The van der Waals surface area contributed by atoms with E-state index in [0.29, 0.717) is 19.4 Å². The monoisotopic (exact) mass is 226 g/mol. The van der Waals surface area contributed by atoms with Gasteiger partial charge in [0.25, 0.3) is 0 Å². The van der Waals surface area contributed by atoms with Crippen LogP contribution in [0.15, 0.2) is 0 Å². The largest absolute Gasteiger partial charge is 0.315 e. The van der Waals surface area contributed by atoms with Gasteiger partial charge in [-0.2, -0.15) is 0 Å². The normalized spacial score (nSPS) is 19.8. The lowest BCUT2D eigenvalue weighted by molar-refractivity contribution is -0.144. The van der Waals surface area contributed by atoms with Crippen LogP contribution in [-0.4, -0.2) is 36.3 Å². The van der Waals surface area contributed by atoms with Crippen molar-refractivity contribution in [3.05, 3.63) is 0 Å². The van der Waals surface area contributed by atoms with Gasteiger partial charge in [0.05, 0.1) is 0 Å². The van der Waals surface area contributed by atoms with Gasteiger partial charge in [-0.25, -0.2) is 0 Å². The lowest BCUT2D eigenvalue weighted by Gasteiger charge is -2.24. The summed E-state index contributed by atoms with van der Waals surface area (Å²) < 4.78 is 0. The fourth-order valence-electron chi connectivity index (χ4n) is 2.06. The Bertz CT molecular complexity index is 235. The van der Waals surface area contributed by atoms with Gasteiger partial charge in [0.1, 0.15) is 0 Å². The molecule has 2 amide bonds. The molecule has 1 aliphatic rings. The summed E-state index contributed by atoms with van der Waals surface area (Å²) >= 11 is 0. The zero-order valence-electron chi connectivity index (χ0n) is 10.3. The van der Waals surface area contributed by atoms with Crippen LogP contribution in [0.1, 0.15) is 45.4 Å². The van der Waals surface area contributed by atoms with E-state index in [9.17, 15) is 9.59 Å². The number of likely N-dealkylation sites (tertiary alicyclic amines) is 1. The zero-order valence-corrected chi connectivity index (χ0v) is 10.3. The van der Waals surface area contributed by atoms with Crippen LogP contribution < -0.4 is 5.32 Å². The minimum absolute atomic E-state index is 0.00106. The van der Waals surface area contributed by atoms with Gasteiger partial charge in [-0.1, -0.05) is 13.3 Å². The molecule has 0 aliphatic carbocycles. The fraction of sp³-hybridized carbons (Fsp3) is 0.833. The van der Waals surface area contributed by atoms with Crippen LogP contribution in [0.25, 0.3) is 0 Å². The van der Waals surface area contributed by atoms with E-state index in [2.05, 4.69) is 12.2 Å². The number of hydrogen-bond acceptors (Lipinski definition) is 3. The molecule has 92 valence electrons. The Morgan fingerprint density at radius 2 is 1.81 bits per heavy atom. The Morgan fingerprint density at radius 1 is 1.25 bits per heavy atom. The number of nitrogens with one attached hydrogen (secondary N) is 1. The molecule has 0 spiro atoms. The molecule has 0 aromatic carbocycles. The quantitative estimate of drug-likeness (QED) is 0.719. The number of rotatable bonds is 5. The maximum atomic E-state index is 11.8. The minimum atomic E-state index is -0.00106. The molecule has 16 heavy (non-hydrogen) atoms. The van der Waals surface area contributed by atoms with Gasteiger partial charge in [-0.05, 0) is 26.3 Å². The molecule has 1 heterocycles. The molecule has 0 aromatic rings. The van der Waals surface area contributed by atoms with Crippen LogP contribution in [0.4, 0.5) is 0 Å². The molecule has 1 fully saturated rings. The van der Waals surface area contributed by atoms with E-state index in [1.807, 2.05) is 7.05 Å². The second kappa shape index (κ2) is 6.63. The van der Waals surface area contributed by atoms with E-state index in [0.717, 1.165) is 25.7 Å². The summed E-state index contributed by atoms with van der Waals surface area (Å²) in [7, 11) is 1.88. The van der Waals surface area contributed by atoms with Gasteiger partial charge in [0.15, 0.2) is 0 Å². The van der Waals surface area contributed by atoms with Crippen LogP contribution in [0.3, 0.4) is 0 Å².